The fraction of sp³-hybridized carbons (Fsp3) is 0.158. The summed E-state index contributed by atoms with van der Waals surface area (Å²) < 4.78 is 15.9. The van der Waals surface area contributed by atoms with E-state index in [9.17, 15) is 9.59 Å². The van der Waals surface area contributed by atoms with E-state index in [1.807, 2.05) is 0 Å². The van der Waals surface area contributed by atoms with Gasteiger partial charge in [-0.15, -0.1) is 6.58 Å². The minimum atomic E-state index is -0.545. The van der Waals surface area contributed by atoms with E-state index < -0.39 is 5.97 Å². The first-order valence-corrected chi connectivity index (χ1v) is 7.26. The van der Waals surface area contributed by atoms with Crippen LogP contribution in [-0.2, 0) is 6.42 Å². The molecule has 0 aliphatic carbocycles. The van der Waals surface area contributed by atoms with E-state index in [1.165, 1.54) is 20.3 Å². The number of benzene rings is 2. The van der Waals surface area contributed by atoms with Crippen LogP contribution in [0.15, 0.2) is 49.1 Å². The van der Waals surface area contributed by atoms with Crippen LogP contribution in [0.1, 0.15) is 26.3 Å². The first-order valence-electron chi connectivity index (χ1n) is 7.26. The maximum Gasteiger partial charge on any atom is 0.343 e. The van der Waals surface area contributed by atoms with Crippen LogP contribution in [0.3, 0.4) is 0 Å². The molecule has 0 saturated carbocycles. The summed E-state index contributed by atoms with van der Waals surface area (Å²) in [6.45, 7) is 3.68. The highest BCUT2D eigenvalue weighted by atomic mass is 16.6. The molecule has 0 aliphatic heterocycles. The lowest BCUT2D eigenvalue weighted by Crippen LogP contribution is -2.11. The molecule has 24 heavy (non-hydrogen) atoms. The molecule has 0 unspecified atom stereocenters. The number of hydrogen-bond donors (Lipinski definition) is 0. The minimum absolute atomic E-state index is 0.274. The van der Waals surface area contributed by atoms with Gasteiger partial charge in [0.05, 0.1) is 19.8 Å². The van der Waals surface area contributed by atoms with E-state index in [0.717, 1.165) is 0 Å². The maximum atomic E-state index is 12.4. The fourth-order valence-electron chi connectivity index (χ4n) is 2.23. The molecule has 0 N–H and O–H groups in total. The number of aldehydes is 1. The van der Waals surface area contributed by atoms with Gasteiger partial charge in [0, 0.05) is 11.1 Å². The standard InChI is InChI=1S/C19H18O5/c1-4-6-14-9-13(12-20)10-17(23-3)18(14)24-19(21)15-7-5-8-16(11-15)22-2/h4-5,7-12H,1,6H2,2-3H3. The van der Waals surface area contributed by atoms with E-state index in [1.54, 1.807) is 36.4 Å². The van der Waals surface area contributed by atoms with E-state index in [4.69, 9.17) is 14.2 Å². The van der Waals surface area contributed by atoms with E-state index in [2.05, 4.69) is 6.58 Å². The number of methoxy groups -OCH3 is 2. The summed E-state index contributed by atoms with van der Waals surface area (Å²) >= 11 is 0. The molecule has 0 radical (unpaired) electrons. The Morgan fingerprint density at radius 1 is 1.17 bits per heavy atom. The molecule has 2 aromatic carbocycles. The average Bonchev–Trinajstić information content (AvgIpc) is 2.62. The van der Waals surface area contributed by atoms with Gasteiger partial charge >= 0.3 is 5.97 Å². The Hall–Kier alpha value is -3.08. The van der Waals surface area contributed by atoms with Crippen LogP contribution in [0.25, 0.3) is 0 Å². The third-order valence-electron chi connectivity index (χ3n) is 3.37. The first-order chi connectivity index (χ1) is 11.6. The Labute approximate surface area is 140 Å². The molecule has 2 rings (SSSR count). The third-order valence-corrected chi connectivity index (χ3v) is 3.37. The molecule has 0 aromatic heterocycles. The van der Waals surface area contributed by atoms with Crippen molar-refractivity contribution in [3.63, 3.8) is 0 Å². The fourth-order valence-corrected chi connectivity index (χ4v) is 2.23. The van der Waals surface area contributed by atoms with E-state index in [-0.39, 0.29) is 5.75 Å². The molecule has 0 aliphatic rings. The van der Waals surface area contributed by atoms with Gasteiger partial charge in [-0.3, -0.25) is 4.79 Å². The number of hydrogen-bond acceptors (Lipinski definition) is 5. The van der Waals surface area contributed by atoms with Crippen molar-refractivity contribution in [2.45, 2.75) is 6.42 Å². The summed E-state index contributed by atoms with van der Waals surface area (Å²) in [6.07, 6.45) is 2.80. The average molecular weight is 326 g/mol. The van der Waals surface area contributed by atoms with Crippen LogP contribution < -0.4 is 14.2 Å². The molecular formula is C19H18O5. The molecule has 0 atom stereocenters. The number of esters is 1. The summed E-state index contributed by atoms with van der Waals surface area (Å²) in [4.78, 5) is 23.5. The molecule has 0 amide bonds. The third kappa shape index (κ3) is 3.81. The van der Waals surface area contributed by atoms with Crippen LogP contribution in [0.5, 0.6) is 17.2 Å². The number of ether oxygens (including phenoxy) is 3. The second-order valence-corrected chi connectivity index (χ2v) is 4.94. The van der Waals surface area contributed by atoms with Crippen molar-refractivity contribution in [3.05, 3.63) is 65.7 Å². The second kappa shape index (κ2) is 7.97. The summed E-state index contributed by atoms with van der Waals surface area (Å²) in [5.41, 5.74) is 1.42. The normalized spacial score (nSPS) is 9.92. The van der Waals surface area contributed by atoms with Crippen LogP contribution >= 0.6 is 0 Å². The molecule has 0 spiro atoms. The SMILES string of the molecule is C=CCc1cc(C=O)cc(OC)c1OC(=O)c1cccc(OC)c1. The summed E-state index contributed by atoms with van der Waals surface area (Å²) in [6, 6.07) is 9.82. The van der Waals surface area contributed by atoms with Gasteiger partial charge in [-0.1, -0.05) is 12.1 Å². The first kappa shape index (κ1) is 17.3. The van der Waals surface area contributed by atoms with Crippen molar-refractivity contribution in [3.8, 4) is 17.2 Å². The minimum Gasteiger partial charge on any atom is -0.497 e. The van der Waals surface area contributed by atoms with Gasteiger partial charge in [-0.2, -0.15) is 0 Å². The molecular weight excluding hydrogens is 308 g/mol. The summed E-state index contributed by atoms with van der Waals surface area (Å²) in [7, 11) is 2.97. The molecule has 5 heteroatoms. The Balaban J connectivity index is 2.41. The monoisotopic (exact) mass is 326 g/mol. The van der Waals surface area contributed by atoms with Crippen molar-refractivity contribution >= 4 is 12.3 Å². The van der Waals surface area contributed by atoms with Crippen LogP contribution in [0.2, 0.25) is 0 Å². The van der Waals surface area contributed by atoms with Gasteiger partial charge < -0.3 is 14.2 Å². The van der Waals surface area contributed by atoms with Gasteiger partial charge in [-0.05, 0) is 36.8 Å². The van der Waals surface area contributed by atoms with Gasteiger partial charge in [0.1, 0.15) is 12.0 Å². The number of carbonyl (C=O) groups excluding carboxylic acids is 2. The number of allylic oxidation sites excluding steroid dienone is 1. The zero-order chi connectivity index (χ0) is 17.5. The Bertz CT molecular complexity index is 764. The predicted molar refractivity (Wildman–Crippen MR) is 90.2 cm³/mol. The van der Waals surface area contributed by atoms with Gasteiger partial charge in [0.15, 0.2) is 11.5 Å². The highest BCUT2D eigenvalue weighted by Crippen LogP contribution is 2.34. The molecule has 0 heterocycles. The largest absolute Gasteiger partial charge is 0.497 e. The molecule has 5 nitrogen and oxygen atoms in total. The summed E-state index contributed by atoms with van der Waals surface area (Å²) in [5.74, 6) is 0.596. The second-order valence-electron chi connectivity index (χ2n) is 4.94. The van der Waals surface area contributed by atoms with E-state index in [0.29, 0.717) is 40.9 Å². The maximum absolute atomic E-state index is 12.4. The molecule has 2 aromatic rings. The van der Waals surface area contributed by atoms with Crippen molar-refractivity contribution in [2.24, 2.45) is 0 Å². The van der Waals surface area contributed by atoms with Crippen LogP contribution in [0, 0.1) is 0 Å². The van der Waals surface area contributed by atoms with Crippen molar-refractivity contribution in [1.29, 1.82) is 0 Å². The van der Waals surface area contributed by atoms with Gasteiger partial charge in [0.25, 0.3) is 0 Å². The molecule has 124 valence electrons. The highest BCUT2D eigenvalue weighted by Gasteiger charge is 2.18. The number of carbonyl (C=O) groups is 2. The molecule has 0 saturated heterocycles. The topological polar surface area (TPSA) is 61.8 Å². The lowest BCUT2D eigenvalue weighted by Gasteiger charge is -2.14. The summed E-state index contributed by atoms with van der Waals surface area (Å²) in [5, 5.41) is 0. The van der Waals surface area contributed by atoms with Crippen LogP contribution in [-0.4, -0.2) is 26.5 Å². The zero-order valence-corrected chi connectivity index (χ0v) is 13.6. The lowest BCUT2D eigenvalue weighted by molar-refractivity contribution is 0.0727. The lowest BCUT2D eigenvalue weighted by atomic mass is 10.1. The Morgan fingerprint density at radius 2 is 1.96 bits per heavy atom. The van der Waals surface area contributed by atoms with Crippen molar-refractivity contribution in [2.75, 3.05) is 14.2 Å². The molecule has 0 fully saturated rings. The van der Waals surface area contributed by atoms with Crippen molar-refractivity contribution < 1.29 is 23.8 Å². The van der Waals surface area contributed by atoms with Gasteiger partial charge in [-0.25, -0.2) is 4.79 Å². The smallest absolute Gasteiger partial charge is 0.343 e. The zero-order valence-electron chi connectivity index (χ0n) is 13.6. The predicted octanol–water partition coefficient (Wildman–Crippen LogP) is 3.46. The number of rotatable bonds is 7. The van der Waals surface area contributed by atoms with E-state index >= 15 is 0 Å². The van der Waals surface area contributed by atoms with Gasteiger partial charge in [0.2, 0.25) is 0 Å². The molecule has 0 bridgehead atoms. The Morgan fingerprint density at radius 3 is 2.58 bits per heavy atom. The van der Waals surface area contributed by atoms with Crippen molar-refractivity contribution in [1.82, 2.24) is 0 Å². The highest BCUT2D eigenvalue weighted by molar-refractivity contribution is 5.92. The van der Waals surface area contributed by atoms with Crippen LogP contribution in [0.4, 0.5) is 0 Å². The Kier molecular flexibility index (Phi) is 5.73. The quantitative estimate of drug-likeness (QED) is 0.337.